The predicted octanol–water partition coefficient (Wildman–Crippen LogP) is 12.5. The molecule has 0 bridgehead atoms. The average molecular weight is 729 g/mol. The van der Waals surface area contributed by atoms with Gasteiger partial charge in [0.1, 0.15) is 0 Å². The fraction of sp³-hybridized carbons (Fsp3) is 0. The molecule has 6 heteroatoms. The first-order chi connectivity index (χ1) is 28.3. The Balaban J connectivity index is 1.12. The molecule has 0 amide bonds. The average Bonchev–Trinajstić information content (AvgIpc) is 3.92. The molecule has 0 N–H and O–H groups in total. The van der Waals surface area contributed by atoms with E-state index in [1.54, 1.807) is 0 Å². The SMILES string of the molecule is c1ccc(-c2ccc3c(c2)c2ccccc2n3-c2nc(-c3ccccc3)nc(-n3c4ccccc4c4cc(-n5c6ccccc6c6ccccc65)ccc43)n2)cc1. The summed E-state index contributed by atoms with van der Waals surface area (Å²) < 4.78 is 6.75. The molecule has 0 aliphatic rings. The van der Waals surface area contributed by atoms with Gasteiger partial charge in [-0.3, -0.25) is 9.13 Å². The lowest BCUT2D eigenvalue weighted by molar-refractivity contribution is 0.893. The molecule has 0 aliphatic carbocycles. The maximum absolute atomic E-state index is 5.38. The van der Waals surface area contributed by atoms with Gasteiger partial charge in [-0.05, 0) is 65.7 Å². The smallest absolute Gasteiger partial charge is 0.240 e. The van der Waals surface area contributed by atoms with Crippen molar-refractivity contribution in [3.63, 3.8) is 0 Å². The van der Waals surface area contributed by atoms with Gasteiger partial charge in [-0.2, -0.15) is 15.0 Å². The van der Waals surface area contributed by atoms with Gasteiger partial charge in [-0.25, -0.2) is 0 Å². The Morgan fingerprint density at radius 3 is 1.21 bits per heavy atom. The summed E-state index contributed by atoms with van der Waals surface area (Å²) in [4.78, 5) is 15.9. The molecule has 0 saturated heterocycles. The fourth-order valence-corrected chi connectivity index (χ4v) is 8.78. The highest BCUT2D eigenvalue weighted by Crippen LogP contribution is 2.38. The highest BCUT2D eigenvalue weighted by Gasteiger charge is 2.22. The van der Waals surface area contributed by atoms with E-state index in [4.69, 9.17) is 15.0 Å². The third-order valence-corrected chi connectivity index (χ3v) is 11.3. The van der Waals surface area contributed by atoms with Crippen LogP contribution in [0.5, 0.6) is 0 Å². The van der Waals surface area contributed by atoms with Crippen molar-refractivity contribution in [2.24, 2.45) is 0 Å². The first-order valence-electron chi connectivity index (χ1n) is 19.2. The lowest BCUT2D eigenvalue weighted by Crippen LogP contribution is -2.10. The molecule has 0 spiro atoms. The van der Waals surface area contributed by atoms with E-state index in [9.17, 15) is 0 Å². The molecule has 57 heavy (non-hydrogen) atoms. The molecule has 0 unspecified atom stereocenters. The Hall–Kier alpha value is -7.83. The molecule has 12 aromatic rings. The summed E-state index contributed by atoms with van der Waals surface area (Å²) in [7, 11) is 0. The van der Waals surface area contributed by atoms with Crippen LogP contribution in [0.15, 0.2) is 194 Å². The quantitative estimate of drug-likeness (QED) is 0.177. The van der Waals surface area contributed by atoms with Crippen LogP contribution in [0.2, 0.25) is 0 Å². The minimum Gasteiger partial charge on any atom is -0.309 e. The van der Waals surface area contributed by atoms with Gasteiger partial charge in [0, 0.05) is 43.6 Å². The van der Waals surface area contributed by atoms with E-state index in [2.05, 4.69) is 190 Å². The number of rotatable bonds is 5. The predicted molar refractivity (Wildman–Crippen MR) is 234 cm³/mol. The summed E-state index contributed by atoms with van der Waals surface area (Å²) in [5.41, 5.74) is 10.8. The van der Waals surface area contributed by atoms with Gasteiger partial charge in [0.05, 0.1) is 33.1 Å². The van der Waals surface area contributed by atoms with Crippen molar-refractivity contribution in [2.75, 3.05) is 0 Å². The van der Waals surface area contributed by atoms with Crippen molar-refractivity contribution < 1.29 is 0 Å². The van der Waals surface area contributed by atoms with E-state index < -0.39 is 0 Å². The summed E-state index contributed by atoms with van der Waals surface area (Å²) in [6.45, 7) is 0. The number of hydrogen-bond donors (Lipinski definition) is 0. The first-order valence-corrected chi connectivity index (χ1v) is 19.2. The second-order valence-corrected chi connectivity index (χ2v) is 14.5. The lowest BCUT2D eigenvalue weighted by atomic mass is 10.0. The van der Waals surface area contributed by atoms with Crippen LogP contribution >= 0.6 is 0 Å². The van der Waals surface area contributed by atoms with Gasteiger partial charge in [-0.1, -0.05) is 140 Å². The van der Waals surface area contributed by atoms with Crippen LogP contribution in [0.3, 0.4) is 0 Å². The summed E-state index contributed by atoms with van der Waals surface area (Å²) in [5, 5.41) is 7.01. The van der Waals surface area contributed by atoms with Gasteiger partial charge in [0.2, 0.25) is 11.9 Å². The number of aromatic nitrogens is 6. The lowest BCUT2D eigenvalue weighted by Gasteiger charge is -2.13. The largest absolute Gasteiger partial charge is 0.309 e. The highest BCUT2D eigenvalue weighted by molar-refractivity contribution is 6.13. The van der Waals surface area contributed by atoms with E-state index in [0.717, 1.165) is 60.4 Å². The number of nitrogens with zero attached hydrogens (tertiary/aromatic N) is 6. The van der Waals surface area contributed by atoms with Gasteiger partial charge >= 0.3 is 0 Å². The van der Waals surface area contributed by atoms with Gasteiger partial charge in [-0.15, -0.1) is 0 Å². The van der Waals surface area contributed by atoms with Gasteiger partial charge in [0.25, 0.3) is 0 Å². The summed E-state index contributed by atoms with van der Waals surface area (Å²) in [6.07, 6.45) is 0. The molecule has 0 radical (unpaired) electrons. The molecule has 266 valence electrons. The molecule has 6 nitrogen and oxygen atoms in total. The first kappa shape index (κ1) is 31.5. The van der Waals surface area contributed by atoms with Crippen molar-refractivity contribution >= 4 is 65.4 Å². The van der Waals surface area contributed by atoms with Crippen LogP contribution in [0.25, 0.3) is 106 Å². The Bertz CT molecular complexity index is 3470. The molecule has 0 saturated carbocycles. The molecule has 8 aromatic carbocycles. The molecule has 4 aromatic heterocycles. The van der Waals surface area contributed by atoms with Crippen molar-refractivity contribution in [1.82, 2.24) is 28.7 Å². The van der Waals surface area contributed by atoms with Crippen LogP contribution in [0, 0.1) is 0 Å². The van der Waals surface area contributed by atoms with Crippen molar-refractivity contribution in [3.05, 3.63) is 194 Å². The Labute approximate surface area is 327 Å². The Morgan fingerprint density at radius 2 is 0.667 bits per heavy atom. The van der Waals surface area contributed by atoms with Crippen LogP contribution < -0.4 is 0 Å². The van der Waals surface area contributed by atoms with E-state index in [-0.39, 0.29) is 0 Å². The third-order valence-electron chi connectivity index (χ3n) is 11.3. The van der Waals surface area contributed by atoms with Gasteiger partial charge < -0.3 is 4.57 Å². The third kappa shape index (κ3) is 4.81. The maximum Gasteiger partial charge on any atom is 0.240 e. The Morgan fingerprint density at radius 1 is 0.263 bits per heavy atom. The van der Waals surface area contributed by atoms with Crippen LogP contribution in [-0.4, -0.2) is 28.7 Å². The van der Waals surface area contributed by atoms with E-state index in [1.807, 2.05) is 18.2 Å². The molecule has 4 heterocycles. The molecule has 0 atom stereocenters. The van der Waals surface area contributed by atoms with Crippen molar-refractivity contribution in [3.8, 4) is 40.1 Å². The van der Waals surface area contributed by atoms with Crippen molar-refractivity contribution in [1.29, 1.82) is 0 Å². The summed E-state index contributed by atoms with van der Waals surface area (Å²) >= 11 is 0. The number of hydrogen-bond acceptors (Lipinski definition) is 3. The fourth-order valence-electron chi connectivity index (χ4n) is 8.78. The highest BCUT2D eigenvalue weighted by atomic mass is 15.3. The van der Waals surface area contributed by atoms with Crippen LogP contribution in [0.4, 0.5) is 0 Å². The zero-order valence-corrected chi connectivity index (χ0v) is 30.7. The van der Waals surface area contributed by atoms with Crippen molar-refractivity contribution in [2.45, 2.75) is 0 Å². The van der Waals surface area contributed by atoms with Crippen LogP contribution in [-0.2, 0) is 0 Å². The molecule has 12 rings (SSSR count). The monoisotopic (exact) mass is 728 g/mol. The Kier molecular flexibility index (Phi) is 6.83. The summed E-state index contributed by atoms with van der Waals surface area (Å²) in [6, 6.07) is 68.5. The topological polar surface area (TPSA) is 53.5 Å². The normalized spacial score (nSPS) is 11.9. The van der Waals surface area contributed by atoms with E-state index >= 15 is 0 Å². The second-order valence-electron chi connectivity index (χ2n) is 14.5. The molecular weight excluding hydrogens is 697 g/mol. The molecule has 0 aliphatic heterocycles. The zero-order chi connectivity index (χ0) is 37.5. The zero-order valence-electron chi connectivity index (χ0n) is 30.7. The minimum absolute atomic E-state index is 0.557. The van der Waals surface area contributed by atoms with Gasteiger partial charge in [0.15, 0.2) is 5.82 Å². The molecule has 0 fully saturated rings. The summed E-state index contributed by atoms with van der Waals surface area (Å²) in [5.74, 6) is 1.72. The van der Waals surface area contributed by atoms with Crippen LogP contribution in [0.1, 0.15) is 0 Å². The second kappa shape index (κ2) is 12.3. The molecular formula is C51H32N6. The number of benzene rings is 8. The van der Waals surface area contributed by atoms with E-state index in [1.165, 1.54) is 27.4 Å². The minimum atomic E-state index is 0.557. The number of fused-ring (bicyclic) bond motifs is 9. The van der Waals surface area contributed by atoms with E-state index in [0.29, 0.717) is 17.7 Å². The maximum atomic E-state index is 5.38. The standard InChI is InChI=1S/C51H32N6/c1-3-15-33(16-4-1)35-27-29-47-41(31-35)39-21-9-13-25-45(39)56(47)50-52-49(34-17-5-2-6-18-34)53-51(54-50)57-46-26-14-10-22-40(46)42-32-36(28-30-48(42)57)55-43-23-11-7-19-37(43)38-20-8-12-24-44(38)55/h1-32H. The number of para-hydroxylation sites is 4.